The van der Waals surface area contributed by atoms with E-state index in [0.29, 0.717) is 0 Å². The molecule has 0 spiro atoms. The molecule has 0 aliphatic rings. The van der Waals surface area contributed by atoms with Crippen LogP contribution in [0.2, 0.25) is 0 Å². The highest BCUT2D eigenvalue weighted by Gasteiger charge is 2.21. The van der Waals surface area contributed by atoms with E-state index in [0.717, 1.165) is 50.3 Å². The summed E-state index contributed by atoms with van der Waals surface area (Å²) in [6.07, 6.45) is 0. The second-order valence-electron chi connectivity index (χ2n) is 12.5. The molecule has 2 aromatic heterocycles. The van der Waals surface area contributed by atoms with Gasteiger partial charge >= 0.3 is 0 Å². The summed E-state index contributed by atoms with van der Waals surface area (Å²) in [4.78, 5) is 2.28. The molecule has 0 unspecified atom stereocenters. The van der Waals surface area contributed by atoms with Crippen LogP contribution in [0.5, 0.6) is 0 Å². The fourth-order valence-corrected chi connectivity index (χ4v) is 7.67. The van der Waals surface area contributed by atoms with Gasteiger partial charge in [-0.2, -0.15) is 0 Å². The Morgan fingerprint density at radius 3 is 1.73 bits per heavy atom. The number of para-hydroxylation sites is 5. The van der Waals surface area contributed by atoms with Gasteiger partial charge in [0.1, 0.15) is 11.2 Å². The van der Waals surface area contributed by atoms with Crippen LogP contribution >= 0.6 is 0 Å². The third kappa shape index (κ3) is 4.29. The lowest BCUT2D eigenvalue weighted by molar-refractivity contribution is 0.669. The monoisotopic (exact) mass is 626 g/mol. The molecule has 0 bridgehead atoms. The first-order valence-corrected chi connectivity index (χ1v) is 16.7. The highest BCUT2D eigenvalue weighted by atomic mass is 16.3. The van der Waals surface area contributed by atoms with E-state index in [-0.39, 0.29) is 0 Å². The van der Waals surface area contributed by atoms with Crippen LogP contribution in [0.1, 0.15) is 0 Å². The predicted molar refractivity (Wildman–Crippen MR) is 206 cm³/mol. The maximum Gasteiger partial charge on any atom is 0.137 e. The number of fused-ring (bicyclic) bond motifs is 8. The minimum absolute atomic E-state index is 0.864. The van der Waals surface area contributed by atoms with Crippen LogP contribution in [0.25, 0.3) is 71.3 Å². The fourth-order valence-electron chi connectivity index (χ4n) is 7.67. The normalized spacial score (nSPS) is 11.7. The van der Waals surface area contributed by atoms with Crippen LogP contribution < -0.4 is 4.90 Å². The molecule has 0 fully saturated rings. The van der Waals surface area contributed by atoms with E-state index in [2.05, 4.69) is 191 Å². The molecular formula is C46H30N2O. The summed E-state index contributed by atoms with van der Waals surface area (Å²) in [6, 6.07) is 64.7. The fraction of sp³-hybridized carbons (Fsp3) is 0. The van der Waals surface area contributed by atoms with Gasteiger partial charge in [-0.05, 0) is 77.0 Å². The minimum Gasteiger partial charge on any atom is -0.456 e. The lowest BCUT2D eigenvalue weighted by atomic mass is 9.93. The van der Waals surface area contributed by atoms with Crippen molar-refractivity contribution >= 4 is 71.6 Å². The van der Waals surface area contributed by atoms with Crippen LogP contribution in [-0.2, 0) is 0 Å². The SMILES string of the molecule is c1ccc(N(c2ccccc2)c2ccc3c(c2)oc2cc(-c4cccc5c6ccccc6n(-c6ccccc6)c45)c4ccccc4c23)cc1. The second kappa shape index (κ2) is 11.0. The minimum atomic E-state index is 0.864. The number of hydrogen-bond donors (Lipinski definition) is 0. The van der Waals surface area contributed by atoms with Gasteiger partial charge in [-0.25, -0.2) is 0 Å². The molecule has 3 nitrogen and oxygen atoms in total. The van der Waals surface area contributed by atoms with Crippen molar-refractivity contribution in [2.24, 2.45) is 0 Å². The maximum absolute atomic E-state index is 6.84. The molecule has 49 heavy (non-hydrogen) atoms. The summed E-state index contributed by atoms with van der Waals surface area (Å²) >= 11 is 0. The molecule has 0 radical (unpaired) electrons. The Kier molecular flexibility index (Phi) is 6.18. The number of aromatic nitrogens is 1. The summed E-state index contributed by atoms with van der Waals surface area (Å²) in [5, 5.41) is 7.11. The quantitative estimate of drug-likeness (QED) is 0.190. The topological polar surface area (TPSA) is 21.3 Å². The zero-order valence-electron chi connectivity index (χ0n) is 26.6. The van der Waals surface area contributed by atoms with Crippen LogP contribution in [0.3, 0.4) is 0 Å². The van der Waals surface area contributed by atoms with Crippen molar-refractivity contribution in [2.75, 3.05) is 4.90 Å². The smallest absolute Gasteiger partial charge is 0.137 e. The van der Waals surface area contributed by atoms with Gasteiger partial charge in [0.15, 0.2) is 0 Å². The lowest BCUT2D eigenvalue weighted by Crippen LogP contribution is -2.09. The van der Waals surface area contributed by atoms with Gasteiger partial charge in [-0.15, -0.1) is 0 Å². The lowest BCUT2D eigenvalue weighted by Gasteiger charge is -2.25. The van der Waals surface area contributed by atoms with Gasteiger partial charge in [0.05, 0.1) is 11.0 Å². The number of rotatable bonds is 5. The number of anilines is 3. The first-order valence-electron chi connectivity index (χ1n) is 16.7. The van der Waals surface area contributed by atoms with E-state index < -0.39 is 0 Å². The zero-order valence-corrected chi connectivity index (χ0v) is 26.6. The van der Waals surface area contributed by atoms with Crippen molar-refractivity contribution in [3.63, 3.8) is 0 Å². The zero-order chi connectivity index (χ0) is 32.3. The molecule has 10 rings (SSSR count). The van der Waals surface area contributed by atoms with Gasteiger partial charge < -0.3 is 13.9 Å². The number of hydrogen-bond acceptors (Lipinski definition) is 2. The van der Waals surface area contributed by atoms with E-state index >= 15 is 0 Å². The molecule has 0 saturated heterocycles. The molecule has 0 atom stereocenters. The molecular weight excluding hydrogens is 597 g/mol. The van der Waals surface area contributed by atoms with Crippen molar-refractivity contribution in [2.45, 2.75) is 0 Å². The summed E-state index contributed by atoms with van der Waals surface area (Å²) in [5.74, 6) is 0. The van der Waals surface area contributed by atoms with E-state index in [1.54, 1.807) is 0 Å². The van der Waals surface area contributed by atoms with Gasteiger partial charge in [0.2, 0.25) is 0 Å². The molecule has 8 aromatic carbocycles. The van der Waals surface area contributed by atoms with Crippen LogP contribution in [-0.4, -0.2) is 4.57 Å². The Balaban J connectivity index is 1.24. The van der Waals surface area contributed by atoms with Crippen LogP contribution in [0.4, 0.5) is 17.1 Å². The van der Waals surface area contributed by atoms with Crippen molar-refractivity contribution < 1.29 is 4.42 Å². The van der Waals surface area contributed by atoms with Crippen molar-refractivity contribution in [3.05, 3.63) is 182 Å². The van der Waals surface area contributed by atoms with E-state index in [9.17, 15) is 0 Å². The van der Waals surface area contributed by atoms with Crippen molar-refractivity contribution in [1.29, 1.82) is 0 Å². The van der Waals surface area contributed by atoms with E-state index in [1.807, 2.05) is 0 Å². The van der Waals surface area contributed by atoms with Gasteiger partial charge in [-0.3, -0.25) is 0 Å². The second-order valence-corrected chi connectivity index (χ2v) is 12.5. The molecule has 0 N–H and O–H groups in total. The largest absolute Gasteiger partial charge is 0.456 e. The molecule has 0 amide bonds. The molecule has 10 aromatic rings. The standard InChI is InChI=1S/C46H30N2O/c1-4-15-31(16-5-1)47(32-17-6-2-7-18-32)34-27-28-40-43(29-34)49-44-30-41(35-21-10-11-23-37(35)45(40)44)39-25-14-24-38-36-22-12-13-26-42(36)48(46(38)39)33-19-8-3-9-20-33/h1-30H. The summed E-state index contributed by atoms with van der Waals surface area (Å²) < 4.78 is 9.25. The Morgan fingerprint density at radius 2 is 1.00 bits per heavy atom. The highest BCUT2D eigenvalue weighted by Crippen LogP contribution is 2.45. The third-order valence-electron chi connectivity index (χ3n) is 9.75. The van der Waals surface area contributed by atoms with Gasteiger partial charge in [-0.1, -0.05) is 115 Å². The highest BCUT2D eigenvalue weighted by molar-refractivity contribution is 6.24. The Bertz CT molecular complexity index is 2770. The van der Waals surface area contributed by atoms with Crippen LogP contribution in [0, 0.1) is 0 Å². The number of nitrogens with zero attached hydrogens (tertiary/aromatic N) is 2. The van der Waals surface area contributed by atoms with E-state index in [1.165, 1.54) is 38.1 Å². The Morgan fingerprint density at radius 1 is 0.388 bits per heavy atom. The first-order chi connectivity index (χ1) is 24.3. The van der Waals surface area contributed by atoms with Crippen molar-refractivity contribution in [3.8, 4) is 16.8 Å². The number of benzene rings is 8. The average Bonchev–Trinajstić information content (AvgIpc) is 3.71. The van der Waals surface area contributed by atoms with Gasteiger partial charge in [0.25, 0.3) is 0 Å². The third-order valence-corrected chi connectivity index (χ3v) is 9.75. The Hall–Kier alpha value is -6.58. The summed E-state index contributed by atoms with van der Waals surface area (Å²) in [5.41, 5.74) is 10.8. The Labute approximate surface area is 283 Å². The van der Waals surface area contributed by atoms with Gasteiger partial charge in [0, 0.05) is 55.9 Å². The van der Waals surface area contributed by atoms with Crippen molar-refractivity contribution in [1.82, 2.24) is 4.57 Å². The van der Waals surface area contributed by atoms with E-state index in [4.69, 9.17) is 4.42 Å². The average molecular weight is 627 g/mol. The maximum atomic E-state index is 6.84. The molecule has 2 heterocycles. The first kappa shape index (κ1) is 27.5. The summed E-state index contributed by atoms with van der Waals surface area (Å²) in [7, 11) is 0. The number of furan rings is 1. The van der Waals surface area contributed by atoms with Crippen LogP contribution in [0.15, 0.2) is 186 Å². The molecule has 230 valence electrons. The molecule has 0 saturated carbocycles. The predicted octanol–water partition coefficient (Wildman–Crippen LogP) is 13.0. The molecule has 0 aliphatic carbocycles. The molecule has 3 heteroatoms. The summed E-state index contributed by atoms with van der Waals surface area (Å²) in [6.45, 7) is 0. The molecule has 0 aliphatic heterocycles.